The summed E-state index contributed by atoms with van der Waals surface area (Å²) in [7, 11) is 0. The van der Waals surface area contributed by atoms with Gasteiger partial charge in [0, 0.05) is 21.6 Å². The van der Waals surface area contributed by atoms with Crippen LogP contribution >= 0.6 is 15.9 Å². The third-order valence-corrected chi connectivity index (χ3v) is 5.20. The Morgan fingerprint density at radius 1 is 1.15 bits per heavy atom. The second-order valence-electron chi connectivity index (χ2n) is 5.97. The predicted molar refractivity (Wildman–Crippen MR) is 103 cm³/mol. The minimum Gasteiger partial charge on any atom is -0.451 e. The molecule has 0 aliphatic rings. The van der Waals surface area contributed by atoms with Gasteiger partial charge in [0.25, 0.3) is 5.91 Å². The van der Waals surface area contributed by atoms with Crippen LogP contribution in [-0.4, -0.2) is 10.5 Å². The molecule has 0 aliphatic carbocycles. The molecular weight excluding hydrogens is 392 g/mol. The lowest BCUT2D eigenvalue weighted by molar-refractivity contribution is 0.0938. The molecule has 4 rings (SSSR count). The first kappa shape index (κ1) is 16.4. The van der Waals surface area contributed by atoms with E-state index in [1.807, 2.05) is 49.4 Å². The lowest BCUT2D eigenvalue weighted by Gasteiger charge is -2.03. The zero-order chi connectivity index (χ0) is 18.3. The summed E-state index contributed by atoms with van der Waals surface area (Å²) in [5.74, 6) is 0.550. The number of halogens is 1. The fourth-order valence-corrected chi connectivity index (χ4v) is 3.21. The van der Waals surface area contributed by atoms with Gasteiger partial charge in [-0.3, -0.25) is 9.36 Å². The monoisotopic (exact) mass is 404 g/mol. The van der Waals surface area contributed by atoms with E-state index in [2.05, 4.69) is 22.0 Å². The molecule has 0 saturated carbocycles. The number of fused-ring (bicyclic) bond motifs is 1. The average molecular weight is 405 g/mol. The Kier molecular flexibility index (Phi) is 3.98. The summed E-state index contributed by atoms with van der Waals surface area (Å²) in [6.07, 6.45) is 1.55. The summed E-state index contributed by atoms with van der Waals surface area (Å²) in [5.41, 5.74) is 3.14. The van der Waals surface area contributed by atoms with Crippen molar-refractivity contribution in [2.24, 2.45) is 0 Å². The van der Waals surface area contributed by atoms with Crippen LogP contribution in [0.15, 0.2) is 69.7 Å². The number of benzene rings is 2. The topological polar surface area (TPSA) is 58.9 Å². The Balaban J connectivity index is 1.76. The number of aryl methyl sites for hydroxylation is 1. The van der Waals surface area contributed by atoms with Crippen LogP contribution in [0, 0.1) is 18.3 Å². The highest BCUT2D eigenvalue weighted by Crippen LogP contribution is 2.28. The molecule has 0 aliphatic heterocycles. The van der Waals surface area contributed by atoms with Crippen molar-refractivity contribution in [3.63, 3.8) is 0 Å². The molecule has 0 saturated heterocycles. The van der Waals surface area contributed by atoms with Crippen molar-refractivity contribution in [2.75, 3.05) is 0 Å². The number of carbonyl (C=O) groups is 1. The Morgan fingerprint density at radius 3 is 2.73 bits per heavy atom. The number of rotatable bonds is 2. The quantitative estimate of drug-likeness (QED) is 0.441. The first-order chi connectivity index (χ1) is 12.6. The standard InChI is InChI=1S/C21H13BrN2O2/c1-13-10-14(6-7-17(13)22)19-8-9-20(26-19)21(25)24-12-15(11-23)16-4-2-3-5-18(16)24/h2-10,12H,1H3. The van der Waals surface area contributed by atoms with Gasteiger partial charge in [-0.15, -0.1) is 0 Å². The van der Waals surface area contributed by atoms with Crippen LogP contribution in [0.3, 0.4) is 0 Å². The molecule has 0 fully saturated rings. The van der Waals surface area contributed by atoms with Gasteiger partial charge in [-0.25, -0.2) is 0 Å². The highest BCUT2D eigenvalue weighted by atomic mass is 79.9. The Morgan fingerprint density at radius 2 is 1.96 bits per heavy atom. The van der Waals surface area contributed by atoms with Crippen LogP contribution in [0.4, 0.5) is 0 Å². The Hall–Kier alpha value is -3.10. The SMILES string of the molecule is Cc1cc(-c2ccc(C(=O)n3cc(C#N)c4ccccc43)o2)ccc1Br. The molecule has 4 aromatic rings. The highest BCUT2D eigenvalue weighted by Gasteiger charge is 2.18. The van der Waals surface area contributed by atoms with Crippen molar-refractivity contribution in [3.05, 3.63) is 82.2 Å². The van der Waals surface area contributed by atoms with Gasteiger partial charge in [-0.2, -0.15) is 5.26 Å². The van der Waals surface area contributed by atoms with E-state index in [0.717, 1.165) is 21.0 Å². The van der Waals surface area contributed by atoms with Gasteiger partial charge in [0.1, 0.15) is 11.8 Å². The summed E-state index contributed by atoms with van der Waals surface area (Å²) in [6.45, 7) is 2.00. The van der Waals surface area contributed by atoms with Crippen molar-refractivity contribution in [2.45, 2.75) is 6.92 Å². The largest absolute Gasteiger partial charge is 0.451 e. The summed E-state index contributed by atoms with van der Waals surface area (Å²) in [6, 6.07) is 18.8. The minimum absolute atomic E-state index is 0.228. The molecule has 0 radical (unpaired) electrons. The van der Waals surface area contributed by atoms with Crippen LogP contribution < -0.4 is 0 Å². The van der Waals surface area contributed by atoms with E-state index in [-0.39, 0.29) is 11.7 Å². The van der Waals surface area contributed by atoms with Gasteiger partial charge < -0.3 is 4.42 Å². The number of hydrogen-bond donors (Lipinski definition) is 0. The maximum absolute atomic E-state index is 12.9. The molecule has 5 heteroatoms. The molecule has 126 valence electrons. The molecular formula is C21H13BrN2O2. The van der Waals surface area contributed by atoms with Crippen LogP contribution in [-0.2, 0) is 0 Å². The van der Waals surface area contributed by atoms with E-state index in [1.54, 1.807) is 18.3 Å². The van der Waals surface area contributed by atoms with Gasteiger partial charge in [0.05, 0.1) is 11.1 Å². The predicted octanol–water partition coefficient (Wildman–Crippen LogP) is 5.53. The second kappa shape index (κ2) is 6.32. The number of nitriles is 1. The fraction of sp³-hybridized carbons (Fsp3) is 0.0476. The van der Waals surface area contributed by atoms with E-state index >= 15 is 0 Å². The summed E-state index contributed by atoms with van der Waals surface area (Å²) in [4.78, 5) is 12.9. The van der Waals surface area contributed by atoms with Gasteiger partial charge in [-0.1, -0.05) is 40.2 Å². The normalized spacial score (nSPS) is 10.8. The van der Waals surface area contributed by atoms with Crippen molar-refractivity contribution in [1.82, 2.24) is 4.57 Å². The first-order valence-corrected chi connectivity index (χ1v) is 8.79. The summed E-state index contributed by atoms with van der Waals surface area (Å²) >= 11 is 3.48. The smallest absolute Gasteiger partial charge is 0.298 e. The summed E-state index contributed by atoms with van der Waals surface area (Å²) < 4.78 is 8.29. The number of nitrogens with zero attached hydrogens (tertiary/aromatic N) is 2. The molecule has 0 N–H and O–H groups in total. The first-order valence-electron chi connectivity index (χ1n) is 8.00. The van der Waals surface area contributed by atoms with Gasteiger partial charge in [0.2, 0.25) is 0 Å². The molecule has 26 heavy (non-hydrogen) atoms. The van der Waals surface area contributed by atoms with Gasteiger partial charge in [0.15, 0.2) is 5.76 Å². The molecule has 0 amide bonds. The minimum atomic E-state index is -0.303. The fourth-order valence-electron chi connectivity index (χ4n) is 2.96. The van der Waals surface area contributed by atoms with Crippen molar-refractivity contribution in [3.8, 4) is 17.4 Å². The maximum atomic E-state index is 12.9. The zero-order valence-corrected chi connectivity index (χ0v) is 15.4. The number of furan rings is 1. The highest BCUT2D eigenvalue weighted by molar-refractivity contribution is 9.10. The average Bonchev–Trinajstić information content (AvgIpc) is 3.28. The van der Waals surface area contributed by atoms with E-state index in [1.165, 1.54) is 4.57 Å². The van der Waals surface area contributed by atoms with Crippen LogP contribution in [0.2, 0.25) is 0 Å². The molecule has 0 bridgehead atoms. The van der Waals surface area contributed by atoms with E-state index < -0.39 is 0 Å². The lowest BCUT2D eigenvalue weighted by atomic mass is 10.1. The third kappa shape index (κ3) is 2.65. The molecule has 2 heterocycles. The lowest BCUT2D eigenvalue weighted by Crippen LogP contribution is -2.09. The van der Waals surface area contributed by atoms with Crippen molar-refractivity contribution in [1.29, 1.82) is 5.26 Å². The second-order valence-corrected chi connectivity index (χ2v) is 6.83. The van der Waals surface area contributed by atoms with Crippen LogP contribution in [0.5, 0.6) is 0 Å². The van der Waals surface area contributed by atoms with Crippen molar-refractivity contribution < 1.29 is 9.21 Å². The van der Waals surface area contributed by atoms with Gasteiger partial charge in [-0.05, 0) is 42.8 Å². The molecule has 4 nitrogen and oxygen atoms in total. The third-order valence-electron chi connectivity index (χ3n) is 4.31. The molecule has 2 aromatic carbocycles. The Bertz CT molecular complexity index is 1190. The van der Waals surface area contributed by atoms with E-state index in [0.29, 0.717) is 16.8 Å². The van der Waals surface area contributed by atoms with E-state index in [9.17, 15) is 10.1 Å². The number of para-hydroxylation sites is 1. The maximum Gasteiger partial charge on any atom is 0.298 e. The summed E-state index contributed by atoms with van der Waals surface area (Å²) in [5, 5.41) is 10.0. The molecule has 2 aromatic heterocycles. The number of hydrogen-bond acceptors (Lipinski definition) is 3. The zero-order valence-electron chi connectivity index (χ0n) is 13.9. The Labute approximate surface area is 158 Å². The number of aromatic nitrogens is 1. The van der Waals surface area contributed by atoms with Crippen molar-refractivity contribution >= 4 is 32.7 Å². The van der Waals surface area contributed by atoms with Gasteiger partial charge >= 0.3 is 0 Å². The molecule has 0 atom stereocenters. The van der Waals surface area contributed by atoms with Crippen LogP contribution in [0.25, 0.3) is 22.2 Å². The van der Waals surface area contributed by atoms with Crippen LogP contribution in [0.1, 0.15) is 21.7 Å². The van der Waals surface area contributed by atoms with E-state index in [4.69, 9.17) is 4.42 Å². The number of carbonyl (C=O) groups excluding carboxylic acids is 1. The molecule has 0 spiro atoms. The molecule has 0 unspecified atom stereocenters.